The number of methoxy groups -OCH3 is 1. The highest BCUT2D eigenvalue weighted by atomic mass is 35.5. The Labute approximate surface area is 174 Å². The van der Waals surface area contributed by atoms with Crippen LogP contribution in [-0.2, 0) is 4.74 Å². The van der Waals surface area contributed by atoms with Gasteiger partial charge in [0.25, 0.3) is 0 Å². The van der Waals surface area contributed by atoms with E-state index in [9.17, 15) is 0 Å². The highest BCUT2D eigenvalue weighted by Gasteiger charge is 2.16. The lowest BCUT2D eigenvalue weighted by atomic mass is 10.1. The van der Waals surface area contributed by atoms with Crippen LogP contribution in [0.15, 0.2) is 54.7 Å². The lowest BCUT2D eigenvalue weighted by Gasteiger charge is -2.30. The lowest BCUT2D eigenvalue weighted by Crippen LogP contribution is -2.36. The molecule has 0 aliphatic carbocycles. The van der Waals surface area contributed by atoms with E-state index in [2.05, 4.69) is 25.0 Å². The minimum atomic E-state index is 0.517. The van der Waals surface area contributed by atoms with E-state index < -0.39 is 0 Å². The Balaban J connectivity index is 1.54. The Morgan fingerprint density at radius 2 is 1.79 bits per heavy atom. The monoisotopic (exact) mass is 411 g/mol. The molecule has 2 heterocycles. The number of benzene rings is 2. The van der Waals surface area contributed by atoms with E-state index in [4.69, 9.17) is 21.3 Å². The van der Waals surface area contributed by atoms with E-state index in [1.165, 1.54) is 0 Å². The summed E-state index contributed by atoms with van der Waals surface area (Å²) in [6.45, 7) is 3.16. The smallest absolute Gasteiger partial charge is 0.227 e. The third-order valence-corrected chi connectivity index (χ3v) is 4.95. The first-order valence-corrected chi connectivity index (χ1v) is 9.72. The van der Waals surface area contributed by atoms with E-state index >= 15 is 0 Å². The minimum absolute atomic E-state index is 0.517. The fourth-order valence-electron chi connectivity index (χ4n) is 3.23. The van der Waals surface area contributed by atoms with Crippen LogP contribution in [0.1, 0.15) is 0 Å². The summed E-state index contributed by atoms with van der Waals surface area (Å²) >= 11 is 5.62. The largest absolute Gasteiger partial charge is 0.495 e. The average Bonchev–Trinajstić information content (AvgIpc) is 2.80. The molecule has 8 heteroatoms. The van der Waals surface area contributed by atoms with Crippen LogP contribution in [0.2, 0.25) is 0 Å². The summed E-state index contributed by atoms with van der Waals surface area (Å²) in [6, 6.07) is 15.6. The molecule has 4 rings (SSSR count). The maximum atomic E-state index is 5.62. The van der Waals surface area contributed by atoms with E-state index in [1.807, 2.05) is 48.5 Å². The Bertz CT molecular complexity index is 962. The van der Waals surface area contributed by atoms with Gasteiger partial charge in [0.05, 0.1) is 31.7 Å². The molecule has 3 aromatic rings. The molecule has 0 spiro atoms. The second-order valence-electron chi connectivity index (χ2n) is 6.55. The molecular weight excluding hydrogens is 390 g/mol. The molecule has 150 valence electrons. The van der Waals surface area contributed by atoms with Gasteiger partial charge in [-0.2, -0.15) is 0 Å². The van der Waals surface area contributed by atoms with Gasteiger partial charge in [-0.15, -0.1) is 0 Å². The van der Waals surface area contributed by atoms with Crippen LogP contribution < -0.4 is 19.8 Å². The van der Waals surface area contributed by atoms with E-state index in [1.54, 1.807) is 13.3 Å². The number of nitrogens with one attached hydrogen (secondary N) is 2. The van der Waals surface area contributed by atoms with Crippen molar-refractivity contribution in [2.24, 2.45) is 0 Å². The third-order valence-electron chi connectivity index (χ3n) is 4.73. The zero-order valence-electron chi connectivity index (χ0n) is 16.1. The van der Waals surface area contributed by atoms with Crippen LogP contribution in [0.3, 0.4) is 0 Å². The van der Waals surface area contributed by atoms with Gasteiger partial charge in [-0.1, -0.05) is 12.1 Å². The molecule has 0 unspecified atom stereocenters. The number of halogens is 1. The number of morpholine rings is 1. The molecule has 0 radical (unpaired) electrons. The maximum absolute atomic E-state index is 5.62. The molecule has 1 aromatic heterocycles. The summed E-state index contributed by atoms with van der Waals surface area (Å²) in [4.78, 5) is 13.8. The number of ether oxygens (including phenoxy) is 2. The lowest BCUT2D eigenvalue weighted by molar-refractivity contribution is 0.122. The summed E-state index contributed by atoms with van der Waals surface area (Å²) in [7, 11) is 1.68. The van der Waals surface area contributed by atoms with Crippen LogP contribution in [0.5, 0.6) is 5.75 Å². The van der Waals surface area contributed by atoms with Gasteiger partial charge in [-0.25, -0.2) is 9.97 Å². The van der Waals surface area contributed by atoms with E-state index in [-0.39, 0.29) is 0 Å². The molecule has 2 N–H and O–H groups in total. The highest BCUT2D eigenvalue weighted by molar-refractivity contribution is 6.23. The average molecular weight is 412 g/mol. The van der Waals surface area contributed by atoms with Crippen LogP contribution in [0.25, 0.3) is 11.3 Å². The summed E-state index contributed by atoms with van der Waals surface area (Å²) < 4.78 is 11.0. The van der Waals surface area contributed by atoms with Gasteiger partial charge in [-0.05, 0) is 30.3 Å². The molecule has 1 aliphatic heterocycles. The van der Waals surface area contributed by atoms with Crippen LogP contribution in [0.4, 0.5) is 23.0 Å². The molecule has 0 atom stereocenters. The van der Waals surface area contributed by atoms with Gasteiger partial charge >= 0.3 is 0 Å². The normalized spacial score (nSPS) is 13.8. The van der Waals surface area contributed by atoms with Crippen LogP contribution >= 0.6 is 11.8 Å². The molecular formula is C21H22ClN5O2. The maximum Gasteiger partial charge on any atom is 0.227 e. The molecule has 29 heavy (non-hydrogen) atoms. The summed E-state index contributed by atoms with van der Waals surface area (Å²) in [5.74, 6) is 1.32. The van der Waals surface area contributed by atoms with Gasteiger partial charge in [0, 0.05) is 54.1 Å². The van der Waals surface area contributed by atoms with Crippen molar-refractivity contribution in [1.82, 2.24) is 9.97 Å². The first-order chi connectivity index (χ1) is 14.3. The Morgan fingerprint density at radius 1 is 1.03 bits per heavy atom. The van der Waals surface area contributed by atoms with Crippen LogP contribution in [0, 0.1) is 0 Å². The van der Waals surface area contributed by atoms with Gasteiger partial charge in [-0.3, -0.25) is 4.84 Å². The fourth-order valence-corrected chi connectivity index (χ4v) is 3.36. The fraction of sp³-hybridized carbons (Fsp3) is 0.238. The molecule has 0 amide bonds. The van der Waals surface area contributed by atoms with Crippen molar-refractivity contribution in [2.45, 2.75) is 0 Å². The SMILES string of the molecule is COc1cc(Nc2nccc(-c3ccc(NCl)cc3)n2)ccc1N1CCOCC1. The number of hydrogen-bond donors (Lipinski definition) is 2. The second kappa shape index (κ2) is 8.98. The van der Waals surface area contributed by atoms with Crippen molar-refractivity contribution in [3.63, 3.8) is 0 Å². The first kappa shape index (κ1) is 19.3. The van der Waals surface area contributed by atoms with Gasteiger partial charge < -0.3 is 19.7 Å². The van der Waals surface area contributed by atoms with Gasteiger partial charge in [0.15, 0.2) is 0 Å². The number of rotatable bonds is 6. The molecule has 1 aliphatic rings. The molecule has 7 nitrogen and oxygen atoms in total. The van der Waals surface area contributed by atoms with Crippen LogP contribution in [-0.4, -0.2) is 43.4 Å². The summed E-state index contributed by atoms with van der Waals surface area (Å²) in [5.41, 5.74) is 4.55. The van der Waals surface area contributed by atoms with Gasteiger partial charge in [0.2, 0.25) is 5.95 Å². The highest BCUT2D eigenvalue weighted by Crippen LogP contribution is 2.32. The standard InChI is InChI=1S/C21H22ClN5O2/c1-28-20-14-17(6-7-19(20)27-10-12-29-13-11-27)24-21-23-9-8-18(25-21)15-2-4-16(26-22)5-3-15/h2-9,14,26H,10-13H2,1H3,(H,23,24,25). The first-order valence-electron chi connectivity index (χ1n) is 9.35. The van der Waals surface area contributed by atoms with Gasteiger partial charge in [0.1, 0.15) is 5.75 Å². The molecule has 2 aromatic carbocycles. The summed E-state index contributed by atoms with van der Waals surface area (Å²) in [6.07, 6.45) is 1.73. The molecule has 0 saturated carbocycles. The Kier molecular flexibility index (Phi) is 5.97. The zero-order valence-corrected chi connectivity index (χ0v) is 16.8. The molecule has 1 fully saturated rings. The predicted molar refractivity (Wildman–Crippen MR) is 116 cm³/mol. The van der Waals surface area contributed by atoms with Crippen molar-refractivity contribution < 1.29 is 9.47 Å². The Hall–Kier alpha value is -3.03. The second-order valence-corrected chi connectivity index (χ2v) is 6.74. The van der Waals surface area contributed by atoms with E-state index in [0.717, 1.165) is 60.4 Å². The zero-order chi connectivity index (χ0) is 20.1. The number of anilines is 4. The van der Waals surface area contributed by atoms with Crippen molar-refractivity contribution in [3.05, 3.63) is 54.7 Å². The van der Waals surface area contributed by atoms with Crippen molar-refractivity contribution in [3.8, 4) is 17.0 Å². The van der Waals surface area contributed by atoms with Crippen molar-refractivity contribution >= 4 is 34.8 Å². The number of hydrogen-bond acceptors (Lipinski definition) is 7. The number of nitrogens with zero attached hydrogens (tertiary/aromatic N) is 3. The third kappa shape index (κ3) is 4.52. The predicted octanol–water partition coefficient (Wildman–Crippen LogP) is 4.30. The minimum Gasteiger partial charge on any atom is -0.495 e. The summed E-state index contributed by atoms with van der Waals surface area (Å²) in [5, 5.41) is 3.26. The quantitative estimate of drug-likeness (QED) is 0.586. The number of aromatic nitrogens is 2. The van der Waals surface area contributed by atoms with E-state index in [0.29, 0.717) is 5.95 Å². The molecule has 1 saturated heterocycles. The molecule has 0 bridgehead atoms. The van der Waals surface area contributed by atoms with Crippen molar-refractivity contribution in [1.29, 1.82) is 0 Å². The Morgan fingerprint density at radius 3 is 2.52 bits per heavy atom. The van der Waals surface area contributed by atoms with Crippen molar-refractivity contribution in [2.75, 3.05) is 48.5 Å². The topological polar surface area (TPSA) is 71.5 Å².